The van der Waals surface area contributed by atoms with Crippen LogP contribution in [0.25, 0.3) is 0 Å². The summed E-state index contributed by atoms with van der Waals surface area (Å²) in [7, 11) is -2.21. The first-order chi connectivity index (χ1) is 16.0. The zero-order valence-corrected chi connectivity index (χ0v) is 21.6. The SMILES string of the molecule is CCCNC(=O)[C@@H](C)N(Cc1cccc(OC)c1)C(=O)CN(c1cc(C)cc(C)c1)S(C)(=O)=O. The third-order valence-corrected chi connectivity index (χ3v) is 6.52. The molecule has 0 bridgehead atoms. The second kappa shape index (κ2) is 11.9. The van der Waals surface area contributed by atoms with E-state index in [-0.39, 0.29) is 12.5 Å². The average molecular weight is 490 g/mol. The van der Waals surface area contributed by atoms with Crippen LogP contribution in [-0.4, -0.2) is 57.6 Å². The Hall–Kier alpha value is -3.07. The fourth-order valence-electron chi connectivity index (χ4n) is 3.65. The normalized spacial score (nSPS) is 12.1. The van der Waals surface area contributed by atoms with Crippen molar-refractivity contribution < 1.29 is 22.7 Å². The van der Waals surface area contributed by atoms with Gasteiger partial charge >= 0.3 is 0 Å². The van der Waals surface area contributed by atoms with Crippen LogP contribution >= 0.6 is 0 Å². The number of nitrogens with one attached hydrogen (secondary N) is 1. The van der Waals surface area contributed by atoms with Crippen LogP contribution in [0.2, 0.25) is 0 Å². The maximum absolute atomic E-state index is 13.5. The van der Waals surface area contributed by atoms with E-state index in [9.17, 15) is 18.0 Å². The summed E-state index contributed by atoms with van der Waals surface area (Å²) in [6, 6.07) is 11.8. The van der Waals surface area contributed by atoms with Gasteiger partial charge in [-0.1, -0.05) is 25.1 Å². The summed E-state index contributed by atoms with van der Waals surface area (Å²) < 4.78 is 31.7. The van der Waals surface area contributed by atoms with E-state index in [0.29, 0.717) is 18.0 Å². The van der Waals surface area contributed by atoms with Gasteiger partial charge in [-0.15, -0.1) is 0 Å². The number of amides is 2. The number of hydrogen-bond donors (Lipinski definition) is 1. The van der Waals surface area contributed by atoms with E-state index < -0.39 is 28.5 Å². The number of methoxy groups -OCH3 is 1. The number of ether oxygens (including phenoxy) is 1. The lowest BCUT2D eigenvalue weighted by Crippen LogP contribution is -2.51. The van der Waals surface area contributed by atoms with Crippen LogP contribution in [0.5, 0.6) is 5.75 Å². The van der Waals surface area contributed by atoms with E-state index in [1.165, 1.54) is 4.90 Å². The van der Waals surface area contributed by atoms with Gasteiger partial charge in [-0.3, -0.25) is 13.9 Å². The molecule has 2 amide bonds. The predicted octanol–water partition coefficient (Wildman–Crippen LogP) is 3.02. The smallest absolute Gasteiger partial charge is 0.244 e. The molecule has 186 valence electrons. The number of anilines is 1. The van der Waals surface area contributed by atoms with Gasteiger partial charge < -0.3 is 15.0 Å². The summed E-state index contributed by atoms with van der Waals surface area (Å²) in [4.78, 5) is 27.7. The lowest BCUT2D eigenvalue weighted by atomic mass is 10.1. The Morgan fingerprint density at radius 3 is 2.29 bits per heavy atom. The minimum atomic E-state index is -3.76. The van der Waals surface area contributed by atoms with Crippen LogP contribution in [0.15, 0.2) is 42.5 Å². The first-order valence-corrected chi connectivity index (χ1v) is 13.1. The minimum Gasteiger partial charge on any atom is -0.497 e. The van der Waals surface area contributed by atoms with Gasteiger partial charge in [-0.25, -0.2) is 8.42 Å². The molecule has 1 atom stereocenters. The third kappa shape index (κ3) is 7.48. The largest absolute Gasteiger partial charge is 0.497 e. The second-order valence-corrected chi connectivity index (χ2v) is 10.4. The molecule has 0 spiro atoms. The van der Waals surface area contributed by atoms with Gasteiger partial charge in [0.25, 0.3) is 0 Å². The monoisotopic (exact) mass is 489 g/mol. The molecule has 0 saturated heterocycles. The summed E-state index contributed by atoms with van der Waals surface area (Å²) in [6.45, 7) is 7.52. The van der Waals surface area contributed by atoms with Crippen LogP contribution in [0.4, 0.5) is 5.69 Å². The van der Waals surface area contributed by atoms with Crippen molar-refractivity contribution in [2.24, 2.45) is 0 Å². The molecular formula is C25H35N3O5S. The number of benzene rings is 2. The van der Waals surface area contributed by atoms with Crippen molar-refractivity contribution in [1.29, 1.82) is 0 Å². The standard InChI is InChI=1S/C25H35N3O5S/c1-7-11-26-25(30)20(4)27(16-21-9-8-10-23(15-21)33-5)24(29)17-28(34(6,31)32)22-13-18(2)12-19(3)14-22/h8-10,12-15,20H,7,11,16-17H2,1-6H3,(H,26,30)/t20-/m1/s1. The molecule has 0 radical (unpaired) electrons. The van der Waals surface area contributed by atoms with E-state index in [4.69, 9.17) is 4.74 Å². The Labute approximate surface area is 202 Å². The van der Waals surface area contributed by atoms with Gasteiger partial charge in [0.15, 0.2) is 0 Å². The molecule has 0 aliphatic heterocycles. The van der Waals surface area contributed by atoms with E-state index in [2.05, 4.69) is 5.32 Å². The molecule has 0 unspecified atom stereocenters. The highest BCUT2D eigenvalue weighted by atomic mass is 32.2. The quantitative estimate of drug-likeness (QED) is 0.523. The van der Waals surface area contributed by atoms with Gasteiger partial charge in [0.05, 0.1) is 19.1 Å². The summed E-state index contributed by atoms with van der Waals surface area (Å²) in [5.74, 6) is -0.150. The summed E-state index contributed by atoms with van der Waals surface area (Å²) in [6.07, 6.45) is 1.83. The molecule has 0 heterocycles. The summed E-state index contributed by atoms with van der Waals surface area (Å²) >= 11 is 0. The van der Waals surface area contributed by atoms with Gasteiger partial charge in [0.1, 0.15) is 18.3 Å². The Balaban J connectivity index is 2.41. The molecule has 0 aliphatic rings. The first-order valence-electron chi connectivity index (χ1n) is 11.2. The van der Waals surface area contributed by atoms with Crippen LogP contribution in [-0.2, 0) is 26.2 Å². The molecule has 8 nitrogen and oxygen atoms in total. The zero-order chi connectivity index (χ0) is 25.5. The molecule has 2 rings (SSSR count). The van der Waals surface area contributed by atoms with Crippen molar-refractivity contribution in [1.82, 2.24) is 10.2 Å². The van der Waals surface area contributed by atoms with Crippen molar-refractivity contribution in [2.75, 3.05) is 30.8 Å². The van der Waals surface area contributed by atoms with E-state index in [0.717, 1.165) is 33.7 Å². The fraction of sp³-hybridized carbons (Fsp3) is 0.440. The van der Waals surface area contributed by atoms with Crippen molar-refractivity contribution in [3.05, 3.63) is 59.2 Å². The molecule has 1 N–H and O–H groups in total. The molecule has 2 aromatic carbocycles. The molecule has 34 heavy (non-hydrogen) atoms. The maximum atomic E-state index is 13.5. The van der Waals surface area contributed by atoms with Crippen molar-refractivity contribution in [3.8, 4) is 5.75 Å². The highest BCUT2D eigenvalue weighted by Gasteiger charge is 2.30. The predicted molar refractivity (Wildman–Crippen MR) is 134 cm³/mol. The summed E-state index contributed by atoms with van der Waals surface area (Å²) in [5.41, 5.74) is 2.95. The molecule has 0 fully saturated rings. The summed E-state index contributed by atoms with van der Waals surface area (Å²) in [5, 5.41) is 2.82. The first kappa shape index (κ1) is 27.2. The van der Waals surface area contributed by atoms with E-state index >= 15 is 0 Å². The van der Waals surface area contributed by atoms with Crippen molar-refractivity contribution in [2.45, 2.75) is 46.7 Å². The number of aryl methyl sites for hydroxylation is 2. The van der Waals surface area contributed by atoms with Crippen LogP contribution in [0.1, 0.15) is 37.0 Å². The molecule has 2 aromatic rings. The Morgan fingerprint density at radius 1 is 1.09 bits per heavy atom. The lowest BCUT2D eigenvalue weighted by molar-refractivity contribution is -0.139. The van der Waals surface area contributed by atoms with Gasteiger partial charge in [-0.2, -0.15) is 0 Å². The fourth-order valence-corrected chi connectivity index (χ4v) is 4.49. The Morgan fingerprint density at radius 2 is 1.74 bits per heavy atom. The Bertz CT molecular complexity index is 1100. The number of sulfonamides is 1. The molecule has 9 heteroatoms. The maximum Gasteiger partial charge on any atom is 0.244 e. The number of hydrogen-bond acceptors (Lipinski definition) is 5. The van der Waals surface area contributed by atoms with Gasteiger partial charge in [-0.05, 0) is 68.1 Å². The van der Waals surface area contributed by atoms with Crippen molar-refractivity contribution >= 4 is 27.5 Å². The minimum absolute atomic E-state index is 0.126. The topological polar surface area (TPSA) is 96.0 Å². The highest BCUT2D eigenvalue weighted by molar-refractivity contribution is 7.92. The number of nitrogens with zero attached hydrogens (tertiary/aromatic N) is 2. The number of carbonyl (C=O) groups is 2. The lowest BCUT2D eigenvalue weighted by Gasteiger charge is -2.31. The highest BCUT2D eigenvalue weighted by Crippen LogP contribution is 2.22. The Kier molecular flexibility index (Phi) is 9.49. The van der Waals surface area contributed by atoms with E-state index in [1.807, 2.05) is 32.9 Å². The van der Waals surface area contributed by atoms with Gasteiger partial charge in [0.2, 0.25) is 21.8 Å². The van der Waals surface area contributed by atoms with Crippen molar-refractivity contribution in [3.63, 3.8) is 0 Å². The van der Waals surface area contributed by atoms with Crippen LogP contribution in [0.3, 0.4) is 0 Å². The van der Waals surface area contributed by atoms with Crippen LogP contribution in [0, 0.1) is 13.8 Å². The third-order valence-electron chi connectivity index (χ3n) is 5.38. The average Bonchev–Trinajstić information content (AvgIpc) is 2.77. The van der Waals surface area contributed by atoms with Gasteiger partial charge in [0, 0.05) is 13.1 Å². The molecule has 0 aliphatic carbocycles. The van der Waals surface area contributed by atoms with Crippen LogP contribution < -0.4 is 14.4 Å². The second-order valence-electron chi connectivity index (χ2n) is 8.46. The van der Waals surface area contributed by atoms with E-state index in [1.54, 1.807) is 44.4 Å². The number of carbonyl (C=O) groups excluding carboxylic acids is 2. The molecular weight excluding hydrogens is 454 g/mol. The zero-order valence-electron chi connectivity index (χ0n) is 20.8. The molecule has 0 saturated carbocycles. The molecule has 0 aromatic heterocycles. The number of rotatable bonds is 11.